The molecule has 0 aliphatic rings. The molecule has 0 bridgehead atoms. The van der Waals surface area contributed by atoms with Gasteiger partial charge in [-0.2, -0.15) is 0 Å². The van der Waals surface area contributed by atoms with E-state index in [1.54, 1.807) is 19.3 Å². The molecule has 132 valence electrons. The molecule has 1 amide bonds. The van der Waals surface area contributed by atoms with Gasteiger partial charge in [-0.25, -0.2) is 0 Å². The summed E-state index contributed by atoms with van der Waals surface area (Å²) in [6, 6.07) is 11.0. The number of anilines is 1. The van der Waals surface area contributed by atoms with Gasteiger partial charge in [0.2, 0.25) is 5.91 Å². The van der Waals surface area contributed by atoms with E-state index in [2.05, 4.69) is 5.32 Å². The largest absolute Gasteiger partial charge is 0.493 e. The molecule has 0 fully saturated rings. The molecule has 0 heterocycles. The average molecular weight is 360 g/mol. The molecule has 2 aromatic rings. The van der Waals surface area contributed by atoms with Crippen molar-refractivity contribution in [2.75, 3.05) is 19.0 Å². The lowest BCUT2D eigenvalue weighted by Gasteiger charge is -2.10. The monoisotopic (exact) mass is 359 g/mol. The Balaban J connectivity index is 2.04. The van der Waals surface area contributed by atoms with Gasteiger partial charge in [0.25, 0.3) is 0 Å². The molecule has 0 spiro atoms. The second-order valence-electron chi connectivity index (χ2n) is 5.55. The first-order chi connectivity index (χ1) is 12.0. The minimum atomic E-state index is -0.231. The molecule has 2 aromatic carbocycles. The summed E-state index contributed by atoms with van der Waals surface area (Å²) >= 11 is 6.06. The van der Waals surface area contributed by atoms with Crippen LogP contribution in [0.4, 0.5) is 5.69 Å². The van der Waals surface area contributed by atoms with E-state index < -0.39 is 0 Å². The summed E-state index contributed by atoms with van der Waals surface area (Å²) in [6.45, 7) is 4.59. The first kappa shape index (κ1) is 18.9. The molecular formula is C20H22ClNO3. The predicted molar refractivity (Wildman–Crippen MR) is 103 cm³/mol. The minimum absolute atomic E-state index is 0.231. The Bertz CT molecular complexity index is 772. The summed E-state index contributed by atoms with van der Waals surface area (Å²) in [6.07, 6.45) is 4.11. The van der Waals surface area contributed by atoms with E-state index in [0.29, 0.717) is 28.8 Å². The fourth-order valence-electron chi connectivity index (χ4n) is 2.15. The van der Waals surface area contributed by atoms with Gasteiger partial charge in [-0.15, -0.1) is 0 Å². The van der Waals surface area contributed by atoms with Gasteiger partial charge in [0.1, 0.15) is 0 Å². The fourth-order valence-corrected chi connectivity index (χ4v) is 2.33. The Morgan fingerprint density at radius 2 is 2.00 bits per heavy atom. The molecule has 2 rings (SSSR count). The molecule has 0 atom stereocenters. The van der Waals surface area contributed by atoms with Crippen LogP contribution in [0.15, 0.2) is 42.5 Å². The van der Waals surface area contributed by atoms with Crippen LogP contribution in [0, 0.1) is 6.92 Å². The number of ether oxygens (including phenoxy) is 2. The highest BCUT2D eigenvalue weighted by Crippen LogP contribution is 2.28. The number of carbonyl (C=O) groups excluding carboxylic acids is 1. The molecule has 5 heteroatoms. The SMILES string of the molecule is CCCOc1ccc(C=CC(=O)Nc2ccc(C)c(Cl)c2)cc1OC. The number of carbonyl (C=O) groups is 1. The van der Waals surface area contributed by atoms with E-state index >= 15 is 0 Å². The molecule has 1 N–H and O–H groups in total. The number of hydrogen-bond donors (Lipinski definition) is 1. The van der Waals surface area contributed by atoms with Crippen molar-refractivity contribution < 1.29 is 14.3 Å². The molecule has 0 unspecified atom stereocenters. The van der Waals surface area contributed by atoms with Gasteiger partial charge >= 0.3 is 0 Å². The molecule has 0 saturated heterocycles. The lowest BCUT2D eigenvalue weighted by Crippen LogP contribution is -2.07. The molecular weight excluding hydrogens is 338 g/mol. The number of aryl methyl sites for hydroxylation is 1. The van der Waals surface area contributed by atoms with Crippen LogP contribution >= 0.6 is 11.6 Å². The van der Waals surface area contributed by atoms with Crippen LogP contribution in [-0.2, 0) is 4.79 Å². The second-order valence-corrected chi connectivity index (χ2v) is 5.95. The third kappa shape index (κ3) is 5.54. The van der Waals surface area contributed by atoms with E-state index in [0.717, 1.165) is 17.5 Å². The van der Waals surface area contributed by atoms with Crippen molar-refractivity contribution in [3.63, 3.8) is 0 Å². The summed E-state index contributed by atoms with van der Waals surface area (Å²) in [5, 5.41) is 3.40. The minimum Gasteiger partial charge on any atom is -0.493 e. The number of hydrogen-bond acceptors (Lipinski definition) is 3. The Morgan fingerprint density at radius 1 is 1.20 bits per heavy atom. The average Bonchev–Trinajstić information content (AvgIpc) is 2.61. The number of nitrogens with one attached hydrogen (secondary N) is 1. The van der Waals surface area contributed by atoms with E-state index in [9.17, 15) is 4.79 Å². The Kier molecular flexibility index (Phi) is 6.90. The molecule has 0 aliphatic carbocycles. The summed E-state index contributed by atoms with van der Waals surface area (Å²) in [4.78, 5) is 12.0. The Hall–Kier alpha value is -2.46. The van der Waals surface area contributed by atoms with Crippen LogP contribution in [0.5, 0.6) is 11.5 Å². The summed E-state index contributed by atoms with van der Waals surface area (Å²) < 4.78 is 11.0. The van der Waals surface area contributed by atoms with E-state index in [1.807, 2.05) is 44.2 Å². The number of amides is 1. The van der Waals surface area contributed by atoms with Gasteiger partial charge in [0.05, 0.1) is 13.7 Å². The van der Waals surface area contributed by atoms with Crippen LogP contribution < -0.4 is 14.8 Å². The van der Waals surface area contributed by atoms with E-state index in [1.165, 1.54) is 6.08 Å². The van der Waals surface area contributed by atoms with Crippen LogP contribution in [0.2, 0.25) is 5.02 Å². The van der Waals surface area contributed by atoms with Crippen molar-refractivity contribution in [1.29, 1.82) is 0 Å². The highest BCUT2D eigenvalue weighted by Gasteiger charge is 2.05. The third-order valence-corrected chi connectivity index (χ3v) is 3.92. The Labute approximate surface area is 153 Å². The Morgan fingerprint density at radius 3 is 2.68 bits per heavy atom. The number of halogens is 1. The maximum absolute atomic E-state index is 12.0. The van der Waals surface area contributed by atoms with Gasteiger partial charge in [-0.05, 0) is 54.8 Å². The first-order valence-electron chi connectivity index (χ1n) is 8.09. The fraction of sp³-hybridized carbons (Fsp3) is 0.250. The van der Waals surface area contributed by atoms with E-state index in [-0.39, 0.29) is 5.91 Å². The topological polar surface area (TPSA) is 47.6 Å². The van der Waals surface area contributed by atoms with Gasteiger partial charge in [0.15, 0.2) is 11.5 Å². The zero-order valence-electron chi connectivity index (χ0n) is 14.6. The van der Waals surface area contributed by atoms with Gasteiger partial charge in [-0.3, -0.25) is 4.79 Å². The predicted octanol–water partition coefficient (Wildman–Crippen LogP) is 5.10. The molecule has 25 heavy (non-hydrogen) atoms. The van der Waals surface area contributed by atoms with Crippen LogP contribution in [0.25, 0.3) is 6.08 Å². The smallest absolute Gasteiger partial charge is 0.248 e. The van der Waals surface area contributed by atoms with E-state index in [4.69, 9.17) is 21.1 Å². The maximum atomic E-state index is 12.0. The number of methoxy groups -OCH3 is 1. The highest BCUT2D eigenvalue weighted by atomic mass is 35.5. The molecule has 0 aromatic heterocycles. The number of rotatable bonds is 7. The summed E-state index contributed by atoms with van der Waals surface area (Å²) in [5.74, 6) is 1.10. The second kappa shape index (κ2) is 9.14. The highest BCUT2D eigenvalue weighted by molar-refractivity contribution is 6.31. The van der Waals surface area contributed by atoms with Crippen molar-refractivity contribution >= 4 is 29.3 Å². The lowest BCUT2D eigenvalue weighted by atomic mass is 10.2. The normalized spacial score (nSPS) is 10.7. The van der Waals surface area contributed by atoms with Crippen molar-refractivity contribution in [2.24, 2.45) is 0 Å². The van der Waals surface area contributed by atoms with Gasteiger partial charge in [0, 0.05) is 16.8 Å². The number of benzene rings is 2. The summed E-state index contributed by atoms with van der Waals surface area (Å²) in [5.41, 5.74) is 2.47. The van der Waals surface area contributed by atoms with Crippen molar-refractivity contribution in [3.05, 3.63) is 58.6 Å². The van der Waals surface area contributed by atoms with Gasteiger partial charge in [-0.1, -0.05) is 30.7 Å². The molecule has 0 aliphatic heterocycles. The zero-order chi connectivity index (χ0) is 18.2. The summed E-state index contributed by atoms with van der Waals surface area (Å²) in [7, 11) is 1.59. The molecule has 0 radical (unpaired) electrons. The maximum Gasteiger partial charge on any atom is 0.248 e. The van der Waals surface area contributed by atoms with Crippen LogP contribution in [-0.4, -0.2) is 19.6 Å². The quantitative estimate of drug-likeness (QED) is 0.700. The van der Waals surface area contributed by atoms with Crippen molar-refractivity contribution in [2.45, 2.75) is 20.3 Å². The standard InChI is InChI=1S/C20H22ClNO3/c1-4-11-25-18-9-6-15(12-19(18)24-3)7-10-20(23)22-16-8-5-14(2)17(21)13-16/h5-10,12-13H,4,11H2,1-3H3,(H,22,23). The van der Waals surface area contributed by atoms with Crippen molar-refractivity contribution in [1.82, 2.24) is 0 Å². The zero-order valence-corrected chi connectivity index (χ0v) is 15.4. The molecule has 4 nitrogen and oxygen atoms in total. The lowest BCUT2D eigenvalue weighted by molar-refractivity contribution is -0.111. The first-order valence-corrected chi connectivity index (χ1v) is 8.47. The van der Waals surface area contributed by atoms with Crippen LogP contribution in [0.3, 0.4) is 0 Å². The molecule has 0 saturated carbocycles. The van der Waals surface area contributed by atoms with Gasteiger partial charge < -0.3 is 14.8 Å². The van der Waals surface area contributed by atoms with Crippen molar-refractivity contribution in [3.8, 4) is 11.5 Å². The third-order valence-electron chi connectivity index (χ3n) is 3.52. The van der Waals surface area contributed by atoms with Crippen LogP contribution in [0.1, 0.15) is 24.5 Å².